The lowest BCUT2D eigenvalue weighted by atomic mass is 10.0. The number of hydrogen-bond donors (Lipinski definition) is 1. The number of aromatic amines is 1. The Morgan fingerprint density at radius 3 is 2.56 bits per heavy atom. The average molecular weight is 522 g/mol. The first-order valence-electron chi connectivity index (χ1n) is 12.3. The maximum atomic E-state index is 14.5. The number of methoxy groups -OCH3 is 1. The van der Waals surface area contributed by atoms with Gasteiger partial charge in [0.2, 0.25) is 20.7 Å². The zero-order valence-corrected chi connectivity index (χ0v) is 22.3. The number of aliphatic imine (C=N–C) groups is 1. The van der Waals surface area contributed by atoms with Crippen molar-refractivity contribution in [1.82, 2.24) is 29.0 Å². The number of likely N-dealkylation sites (N-methyl/N-ethyl adjacent to an activating group) is 1. The number of allylic oxidation sites excluding steroid dienone is 1. The van der Waals surface area contributed by atoms with Crippen LogP contribution >= 0.6 is 0 Å². The van der Waals surface area contributed by atoms with Gasteiger partial charge in [0.05, 0.1) is 12.3 Å². The van der Waals surface area contributed by atoms with Crippen LogP contribution in [0, 0.1) is 0 Å². The molecule has 0 amide bonds. The summed E-state index contributed by atoms with van der Waals surface area (Å²) in [6.45, 7) is 8.71. The second kappa shape index (κ2) is 10.4. The Hall–Kier alpha value is -2.61. The minimum absolute atomic E-state index is 0.0119. The van der Waals surface area contributed by atoms with E-state index in [0.717, 1.165) is 12.2 Å². The van der Waals surface area contributed by atoms with E-state index >= 15 is 0 Å². The van der Waals surface area contributed by atoms with E-state index in [0.29, 0.717) is 38.1 Å². The number of ether oxygens (including phenoxy) is 2. The van der Waals surface area contributed by atoms with Crippen molar-refractivity contribution in [2.45, 2.75) is 44.5 Å². The molecule has 12 nitrogen and oxygen atoms in total. The normalized spacial score (nSPS) is 22.6. The van der Waals surface area contributed by atoms with Crippen molar-refractivity contribution < 1.29 is 17.9 Å². The van der Waals surface area contributed by atoms with Crippen molar-refractivity contribution in [3.63, 3.8) is 0 Å². The number of aromatic nitrogens is 4. The molecule has 4 heterocycles. The van der Waals surface area contributed by atoms with Crippen LogP contribution in [0.1, 0.15) is 38.7 Å². The summed E-state index contributed by atoms with van der Waals surface area (Å²) in [5.41, 5.74) is 0.776. The molecule has 2 aliphatic rings. The Morgan fingerprint density at radius 2 is 1.92 bits per heavy atom. The molecule has 0 bridgehead atoms. The highest BCUT2D eigenvalue weighted by Gasteiger charge is 2.57. The lowest BCUT2D eigenvalue weighted by molar-refractivity contribution is 0.0794. The highest BCUT2D eigenvalue weighted by Crippen LogP contribution is 2.40. The fourth-order valence-electron chi connectivity index (χ4n) is 4.87. The second-order valence-corrected chi connectivity index (χ2v) is 11.3. The first-order chi connectivity index (χ1) is 17.2. The third kappa shape index (κ3) is 4.38. The summed E-state index contributed by atoms with van der Waals surface area (Å²) in [7, 11) is -0.856. The minimum Gasteiger partial charge on any atom is -0.474 e. The number of rotatable bonds is 8. The van der Waals surface area contributed by atoms with Gasteiger partial charge in [0, 0.05) is 53.0 Å². The number of hydrogen-bond acceptors (Lipinski definition) is 9. The van der Waals surface area contributed by atoms with Gasteiger partial charge in [-0.05, 0) is 19.9 Å². The lowest BCUT2D eigenvalue weighted by Gasteiger charge is -2.41. The molecule has 1 fully saturated rings. The maximum absolute atomic E-state index is 14.5. The van der Waals surface area contributed by atoms with E-state index < -0.39 is 26.4 Å². The number of nitrogens with zero attached hydrogens (tertiary/aromatic N) is 6. The molecule has 0 saturated carbocycles. The number of nitrogens with one attached hydrogen (secondary N) is 1. The van der Waals surface area contributed by atoms with Gasteiger partial charge < -0.3 is 19.4 Å². The number of fused-ring (bicyclic) bond motifs is 1. The van der Waals surface area contributed by atoms with Gasteiger partial charge in [-0.25, -0.2) is 18.4 Å². The SMILES string of the molecule is CCc1c2nc([C@]3(S(=O)(=O)N4CCN(CC)CC4)CC=CN=C3OC(C)COC)[nH]c(=O)c2nn1C. The predicted molar refractivity (Wildman–Crippen MR) is 136 cm³/mol. The zero-order chi connectivity index (χ0) is 26.1. The van der Waals surface area contributed by atoms with Crippen molar-refractivity contribution in [3.8, 4) is 0 Å². The predicted octanol–water partition coefficient (Wildman–Crippen LogP) is 0.749. The molecule has 0 radical (unpaired) electrons. The van der Waals surface area contributed by atoms with Crippen molar-refractivity contribution in [3.05, 3.63) is 34.1 Å². The van der Waals surface area contributed by atoms with Crippen LogP contribution in [0.15, 0.2) is 22.1 Å². The number of sulfonamides is 1. The van der Waals surface area contributed by atoms with Gasteiger partial charge in [-0.1, -0.05) is 19.9 Å². The van der Waals surface area contributed by atoms with Crippen molar-refractivity contribution in [2.75, 3.05) is 46.4 Å². The Balaban J connectivity index is 1.93. The van der Waals surface area contributed by atoms with Crippen molar-refractivity contribution in [1.29, 1.82) is 0 Å². The van der Waals surface area contributed by atoms with E-state index in [1.165, 1.54) is 10.5 Å². The molecule has 1 unspecified atom stereocenters. The molecule has 2 aromatic heterocycles. The van der Waals surface area contributed by atoms with E-state index in [4.69, 9.17) is 14.5 Å². The summed E-state index contributed by atoms with van der Waals surface area (Å²) in [5.74, 6) is -0.0507. The number of aryl methyl sites for hydroxylation is 2. The fourth-order valence-corrected chi connectivity index (χ4v) is 6.92. The summed E-state index contributed by atoms with van der Waals surface area (Å²) in [6, 6.07) is 0. The van der Waals surface area contributed by atoms with Crippen LogP contribution in [0.25, 0.3) is 11.0 Å². The molecule has 0 spiro atoms. The van der Waals surface area contributed by atoms with Gasteiger partial charge >= 0.3 is 0 Å². The van der Waals surface area contributed by atoms with Crippen LogP contribution < -0.4 is 5.56 Å². The van der Waals surface area contributed by atoms with Gasteiger partial charge in [0.1, 0.15) is 17.4 Å². The van der Waals surface area contributed by atoms with E-state index in [-0.39, 0.29) is 30.3 Å². The second-order valence-electron chi connectivity index (χ2n) is 9.11. The van der Waals surface area contributed by atoms with Crippen molar-refractivity contribution in [2.24, 2.45) is 12.0 Å². The summed E-state index contributed by atoms with van der Waals surface area (Å²) in [4.78, 5) is 27.2. The molecule has 198 valence electrons. The van der Waals surface area contributed by atoms with Crippen molar-refractivity contribution >= 4 is 27.0 Å². The maximum Gasteiger partial charge on any atom is 0.279 e. The van der Waals surface area contributed by atoms with Crippen LogP contribution in [0.5, 0.6) is 0 Å². The molecule has 36 heavy (non-hydrogen) atoms. The van der Waals surface area contributed by atoms with Gasteiger partial charge in [-0.3, -0.25) is 9.48 Å². The molecule has 2 aromatic rings. The third-order valence-electron chi connectivity index (χ3n) is 6.85. The quantitative estimate of drug-likeness (QED) is 0.538. The molecule has 0 aromatic carbocycles. The zero-order valence-electron chi connectivity index (χ0n) is 21.5. The highest BCUT2D eigenvalue weighted by molar-refractivity contribution is 7.90. The van der Waals surface area contributed by atoms with E-state index in [1.807, 2.05) is 6.92 Å². The molecule has 0 aliphatic carbocycles. The van der Waals surface area contributed by atoms with Gasteiger partial charge in [0.25, 0.3) is 5.56 Å². The summed E-state index contributed by atoms with van der Waals surface area (Å²) >= 11 is 0. The highest BCUT2D eigenvalue weighted by atomic mass is 32.2. The standard InChI is InChI=1S/C23H35N7O5S/c1-6-17-18-19(27-28(17)4)20(31)26-21(25-18)23(9-8-10-24-22(23)35-16(3)15-34-5)36(32,33)30-13-11-29(7-2)12-14-30/h8,10,16H,6-7,9,11-15H2,1-5H3,(H,25,26,31)/t16?,23-/m1/s1. The molecule has 4 rings (SSSR count). The average Bonchev–Trinajstić information content (AvgIpc) is 3.20. The van der Waals surface area contributed by atoms with Crippen LogP contribution in [-0.4, -0.2) is 95.8 Å². The molecule has 2 atom stereocenters. The number of H-pyrrole nitrogens is 1. The minimum atomic E-state index is -4.14. The van der Waals surface area contributed by atoms with Gasteiger partial charge in [0.15, 0.2) is 5.52 Å². The van der Waals surface area contributed by atoms with E-state index in [1.54, 1.807) is 31.8 Å². The van der Waals surface area contributed by atoms with Crippen LogP contribution in [-0.2, 0) is 37.7 Å². The molecular formula is C23H35N7O5S. The van der Waals surface area contributed by atoms with Crippen LogP contribution in [0.4, 0.5) is 0 Å². The molecule has 1 N–H and O–H groups in total. The topological polar surface area (TPSA) is 135 Å². The summed E-state index contributed by atoms with van der Waals surface area (Å²) in [6.07, 6.45) is 3.30. The Labute approximate surface area is 211 Å². The molecule has 2 aliphatic heterocycles. The largest absolute Gasteiger partial charge is 0.474 e. The third-order valence-corrected chi connectivity index (χ3v) is 9.31. The molecule has 1 saturated heterocycles. The Morgan fingerprint density at radius 1 is 1.19 bits per heavy atom. The molecule has 13 heteroatoms. The Kier molecular flexibility index (Phi) is 7.64. The fraction of sp³-hybridized carbons (Fsp3) is 0.652. The van der Waals surface area contributed by atoms with Gasteiger partial charge in [-0.15, -0.1) is 0 Å². The first-order valence-corrected chi connectivity index (χ1v) is 13.7. The van der Waals surface area contributed by atoms with E-state index in [2.05, 4.69) is 26.9 Å². The Bertz CT molecular complexity index is 1320. The molecular weight excluding hydrogens is 486 g/mol. The van der Waals surface area contributed by atoms with Crippen LogP contribution in [0.2, 0.25) is 0 Å². The van der Waals surface area contributed by atoms with Crippen LogP contribution in [0.3, 0.4) is 0 Å². The van der Waals surface area contributed by atoms with E-state index in [9.17, 15) is 13.2 Å². The number of piperazine rings is 1. The monoisotopic (exact) mass is 521 g/mol. The first kappa shape index (κ1) is 26.5. The summed E-state index contributed by atoms with van der Waals surface area (Å²) in [5, 5.41) is 4.31. The van der Waals surface area contributed by atoms with Gasteiger partial charge in [-0.2, -0.15) is 9.40 Å². The lowest BCUT2D eigenvalue weighted by Crippen LogP contribution is -2.58. The summed E-state index contributed by atoms with van der Waals surface area (Å²) < 4.78 is 41.6. The smallest absolute Gasteiger partial charge is 0.279 e.